The number of rotatable bonds is 5. The van der Waals surface area contributed by atoms with Gasteiger partial charge in [0.05, 0.1) is 0 Å². The maximum Gasteiger partial charge on any atom is 0.161 e. The number of hydrogen-bond acceptors (Lipinski definition) is 3. The third-order valence-electron chi connectivity index (χ3n) is 3.39. The second-order valence-corrected chi connectivity index (χ2v) is 6.07. The second-order valence-electron chi connectivity index (χ2n) is 5.27. The second kappa shape index (κ2) is 7.03. The van der Waals surface area contributed by atoms with E-state index in [0.29, 0.717) is 0 Å². The summed E-state index contributed by atoms with van der Waals surface area (Å²) in [6, 6.07) is 6.31. The molecule has 2 rings (SSSR count). The highest BCUT2D eigenvalue weighted by Gasteiger charge is 2.09. The first kappa shape index (κ1) is 16.0. The summed E-state index contributed by atoms with van der Waals surface area (Å²) in [6.45, 7) is 9.39. The van der Waals surface area contributed by atoms with Crippen molar-refractivity contribution < 1.29 is 0 Å². The fourth-order valence-corrected chi connectivity index (χ4v) is 2.46. The van der Waals surface area contributed by atoms with Gasteiger partial charge in [0.25, 0.3) is 0 Å². The zero-order valence-electron chi connectivity index (χ0n) is 13.1. The van der Waals surface area contributed by atoms with E-state index in [1.807, 2.05) is 6.07 Å². The lowest BCUT2D eigenvalue weighted by Crippen LogP contribution is -2.05. The van der Waals surface area contributed by atoms with E-state index in [1.165, 1.54) is 11.1 Å². The minimum absolute atomic E-state index is 0.798. The minimum Gasteiger partial charge on any atom is -0.370 e. The molecule has 0 saturated carbocycles. The first-order valence-electron chi connectivity index (χ1n) is 7.44. The molecule has 3 nitrogen and oxygen atoms in total. The van der Waals surface area contributed by atoms with Crippen LogP contribution in [0.4, 0.5) is 5.82 Å². The van der Waals surface area contributed by atoms with Crippen LogP contribution in [0.3, 0.4) is 0 Å². The summed E-state index contributed by atoms with van der Waals surface area (Å²) in [5.74, 6) is 1.71. The van der Waals surface area contributed by atoms with Gasteiger partial charge in [-0.3, -0.25) is 0 Å². The Bertz CT molecular complexity index is 615. The number of nitrogens with zero attached hydrogens (tertiary/aromatic N) is 2. The predicted octanol–water partition coefficient (Wildman–Crippen LogP) is 4.91. The molecule has 0 bridgehead atoms. The standard InChI is InChI=1S/C17H22BrN3/c1-5-7-19-15-10-14(6-2)20-17(21-15)13-8-11(3)16(18)12(4)9-13/h8-10H,5-7H2,1-4H3,(H,19,20,21). The summed E-state index contributed by atoms with van der Waals surface area (Å²) in [5, 5.41) is 3.36. The lowest BCUT2D eigenvalue weighted by Gasteiger charge is -2.11. The molecule has 1 heterocycles. The van der Waals surface area contributed by atoms with Crippen molar-refractivity contribution in [1.82, 2.24) is 9.97 Å². The van der Waals surface area contributed by atoms with Crippen LogP contribution >= 0.6 is 15.9 Å². The summed E-state index contributed by atoms with van der Waals surface area (Å²) in [6.07, 6.45) is 1.99. The van der Waals surface area contributed by atoms with Crippen LogP contribution in [0, 0.1) is 13.8 Å². The van der Waals surface area contributed by atoms with Gasteiger partial charge in [-0.15, -0.1) is 0 Å². The van der Waals surface area contributed by atoms with Gasteiger partial charge in [0.1, 0.15) is 5.82 Å². The van der Waals surface area contributed by atoms with Gasteiger partial charge >= 0.3 is 0 Å². The molecule has 1 aromatic heterocycles. The minimum atomic E-state index is 0.798. The van der Waals surface area contributed by atoms with E-state index >= 15 is 0 Å². The van der Waals surface area contributed by atoms with Crippen molar-refractivity contribution in [3.05, 3.63) is 39.5 Å². The molecule has 0 atom stereocenters. The Morgan fingerprint density at radius 1 is 1.05 bits per heavy atom. The number of hydrogen-bond donors (Lipinski definition) is 1. The quantitative estimate of drug-likeness (QED) is 0.834. The highest BCUT2D eigenvalue weighted by Crippen LogP contribution is 2.27. The van der Waals surface area contributed by atoms with Crippen molar-refractivity contribution in [2.75, 3.05) is 11.9 Å². The molecule has 0 radical (unpaired) electrons. The fraction of sp³-hybridized carbons (Fsp3) is 0.412. The van der Waals surface area contributed by atoms with Crippen LogP contribution in [-0.2, 0) is 6.42 Å². The fourth-order valence-electron chi connectivity index (χ4n) is 2.23. The van der Waals surface area contributed by atoms with E-state index in [9.17, 15) is 0 Å². The molecule has 0 amide bonds. The van der Waals surface area contributed by atoms with Gasteiger partial charge in [-0.25, -0.2) is 9.97 Å². The summed E-state index contributed by atoms with van der Waals surface area (Å²) < 4.78 is 1.15. The third kappa shape index (κ3) is 3.82. The van der Waals surface area contributed by atoms with E-state index in [0.717, 1.165) is 46.8 Å². The normalized spacial score (nSPS) is 10.7. The molecule has 21 heavy (non-hydrogen) atoms. The van der Waals surface area contributed by atoms with Crippen LogP contribution in [0.5, 0.6) is 0 Å². The van der Waals surface area contributed by atoms with Gasteiger partial charge in [-0.1, -0.05) is 29.8 Å². The van der Waals surface area contributed by atoms with Crippen molar-refractivity contribution in [2.24, 2.45) is 0 Å². The highest BCUT2D eigenvalue weighted by atomic mass is 79.9. The van der Waals surface area contributed by atoms with Crippen LogP contribution in [0.15, 0.2) is 22.7 Å². The van der Waals surface area contributed by atoms with Crippen LogP contribution in [0.25, 0.3) is 11.4 Å². The Morgan fingerprint density at radius 3 is 2.29 bits per heavy atom. The molecule has 0 saturated heterocycles. The lowest BCUT2D eigenvalue weighted by atomic mass is 10.1. The Morgan fingerprint density at radius 2 is 1.71 bits per heavy atom. The number of aryl methyl sites for hydroxylation is 3. The van der Waals surface area contributed by atoms with Gasteiger partial charge in [0.15, 0.2) is 5.82 Å². The molecule has 0 spiro atoms. The van der Waals surface area contributed by atoms with Crippen molar-refractivity contribution in [2.45, 2.75) is 40.5 Å². The Kier molecular flexibility index (Phi) is 5.34. The first-order valence-corrected chi connectivity index (χ1v) is 8.23. The molecule has 112 valence electrons. The van der Waals surface area contributed by atoms with Gasteiger partial charge in [0, 0.05) is 28.3 Å². The smallest absolute Gasteiger partial charge is 0.161 e. The average Bonchev–Trinajstić information content (AvgIpc) is 2.49. The zero-order chi connectivity index (χ0) is 15.4. The van der Waals surface area contributed by atoms with E-state index in [4.69, 9.17) is 0 Å². The molecule has 1 aromatic carbocycles. The summed E-state index contributed by atoms with van der Waals surface area (Å²) in [7, 11) is 0. The molecule has 0 aliphatic rings. The Balaban J connectivity index is 2.47. The molecule has 0 fully saturated rings. The molecule has 4 heteroatoms. The van der Waals surface area contributed by atoms with E-state index in [2.05, 4.69) is 71.0 Å². The van der Waals surface area contributed by atoms with Gasteiger partial charge in [0.2, 0.25) is 0 Å². The summed E-state index contributed by atoms with van der Waals surface area (Å²) in [5.41, 5.74) is 4.55. The van der Waals surface area contributed by atoms with Crippen molar-refractivity contribution in [3.8, 4) is 11.4 Å². The molecule has 1 N–H and O–H groups in total. The number of nitrogens with one attached hydrogen (secondary N) is 1. The van der Waals surface area contributed by atoms with Crippen molar-refractivity contribution >= 4 is 21.7 Å². The van der Waals surface area contributed by atoms with E-state index in [-0.39, 0.29) is 0 Å². The predicted molar refractivity (Wildman–Crippen MR) is 92.8 cm³/mol. The SMILES string of the molecule is CCCNc1cc(CC)nc(-c2cc(C)c(Br)c(C)c2)n1. The summed E-state index contributed by atoms with van der Waals surface area (Å²) in [4.78, 5) is 9.34. The molecule has 0 aliphatic heterocycles. The first-order chi connectivity index (χ1) is 10.0. The average molecular weight is 348 g/mol. The van der Waals surface area contributed by atoms with Crippen LogP contribution in [-0.4, -0.2) is 16.5 Å². The van der Waals surface area contributed by atoms with Gasteiger partial charge in [-0.2, -0.15) is 0 Å². The number of aromatic nitrogens is 2. The molecular formula is C17H22BrN3. The molecule has 0 unspecified atom stereocenters. The van der Waals surface area contributed by atoms with Crippen LogP contribution in [0.1, 0.15) is 37.1 Å². The third-order valence-corrected chi connectivity index (χ3v) is 4.64. The molecule has 2 aromatic rings. The van der Waals surface area contributed by atoms with E-state index in [1.54, 1.807) is 0 Å². The van der Waals surface area contributed by atoms with Gasteiger partial charge < -0.3 is 5.32 Å². The molecule has 0 aliphatic carbocycles. The Labute approximate surface area is 135 Å². The lowest BCUT2D eigenvalue weighted by molar-refractivity contribution is 0.951. The largest absolute Gasteiger partial charge is 0.370 e. The maximum atomic E-state index is 4.68. The maximum absolute atomic E-state index is 4.68. The number of anilines is 1. The summed E-state index contributed by atoms with van der Waals surface area (Å²) >= 11 is 3.61. The van der Waals surface area contributed by atoms with Crippen molar-refractivity contribution in [3.63, 3.8) is 0 Å². The number of halogens is 1. The zero-order valence-corrected chi connectivity index (χ0v) is 14.7. The monoisotopic (exact) mass is 347 g/mol. The van der Waals surface area contributed by atoms with Crippen molar-refractivity contribution in [1.29, 1.82) is 0 Å². The van der Waals surface area contributed by atoms with Crippen LogP contribution in [0.2, 0.25) is 0 Å². The molecular weight excluding hydrogens is 326 g/mol. The number of benzene rings is 1. The highest BCUT2D eigenvalue weighted by molar-refractivity contribution is 9.10. The van der Waals surface area contributed by atoms with E-state index < -0.39 is 0 Å². The van der Waals surface area contributed by atoms with Crippen LogP contribution < -0.4 is 5.32 Å². The topological polar surface area (TPSA) is 37.8 Å². The van der Waals surface area contributed by atoms with Gasteiger partial charge in [-0.05, 0) is 49.9 Å². The Hall–Kier alpha value is -1.42.